The Hall–Kier alpha value is -2.08. The molecule has 3 atom stereocenters. The average Bonchev–Trinajstić information content (AvgIpc) is 3.02. The number of piperazine rings is 1. The molecule has 0 aromatic heterocycles. The van der Waals surface area contributed by atoms with E-state index in [2.05, 4.69) is 17.0 Å². The van der Waals surface area contributed by atoms with Crippen LogP contribution in [-0.4, -0.2) is 65.8 Å². The number of carbonyl (C=O) groups excluding carboxylic acids is 2. The van der Waals surface area contributed by atoms with E-state index in [1.807, 2.05) is 38.7 Å². The molecule has 1 aromatic rings. The van der Waals surface area contributed by atoms with E-state index in [0.717, 1.165) is 38.0 Å². The van der Waals surface area contributed by atoms with Crippen molar-refractivity contribution in [3.63, 3.8) is 0 Å². The highest BCUT2D eigenvalue weighted by molar-refractivity contribution is 5.92. The van der Waals surface area contributed by atoms with Crippen LogP contribution < -0.4 is 0 Å². The molecule has 1 aromatic carbocycles. The van der Waals surface area contributed by atoms with Gasteiger partial charge in [0.1, 0.15) is 11.7 Å². The van der Waals surface area contributed by atoms with Crippen molar-refractivity contribution in [2.24, 2.45) is 0 Å². The molecule has 0 spiro atoms. The van der Waals surface area contributed by atoms with E-state index in [0.29, 0.717) is 24.1 Å². The summed E-state index contributed by atoms with van der Waals surface area (Å²) < 4.78 is 10.9. The molecule has 0 saturated carbocycles. The third kappa shape index (κ3) is 3.88. The summed E-state index contributed by atoms with van der Waals surface area (Å²) >= 11 is 0. The van der Waals surface area contributed by atoms with Crippen LogP contribution in [0.5, 0.6) is 0 Å². The van der Waals surface area contributed by atoms with Crippen molar-refractivity contribution >= 4 is 12.1 Å². The Morgan fingerprint density at radius 3 is 2.75 bits per heavy atom. The highest BCUT2D eigenvalue weighted by Crippen LogP contribution is 2.35. The molecule has 2 fully saturated rings. The van der Waals surface area contributed by atoms with Gasteiger partial charge < -0.3 is 14.4 Å². The first kappa shape index (κ1) is 19.2. The number of fused-ring (bicyclic) bond motifs is 2. The average molecular weight is 386 g/mol. The standard InChI is InChI=1S/C22H30N2O4/c1-14-9-16-10-15(5-6-19(16)20(25)27-14)17-11-18-13-24(8-7-23(18)12-17)21(26)28-22(2,3)4/h5-6,10,14,17-18H,7-9,11-13H2,1-4H3/t14?,17?,18-/m0/s1. The van der Waals surface area contributed by atoms with Crippen molar-refractivity contribution in [3.05, 3.63) is 34.9 Å². The summed E-state index contributed by atoms with van der Waals surface area (Å²) in [5.74, 6) is 0.222. The first-order valence-electron chi connectivity index (χ1n) is 10.3. The van der Waals surface area contributed by atoms with Crippen molar-refractivity contribution in [1.82, 2.24) is 9.80 Å². The van der Waals surface area contributed by atoms with E-state index in [1.165, 1.54) is 5.56 Å². The van der Waals surface area contributed by atoms with E-state index in [-0.39, 0.29) is 18.2 Å². The van der Waals surface area contributed by atoms with Crippen molar-refractivity contribution < 1.29 is 19.1 Å². The molecule has 0 radical (unpaired) electrons. The molecule has 2 saturated heterocycles. The number of rotatable bonds is 1. The SMILES string of the molecule is CC1Cc2cc(C3C[C@H]4CN(C(=O)OC(C)(C)C)CCN4C3)ccc2C(=O)O1. The summed E-state index contributed by atoms with van der Waals surface area (Å²) in [6.07, 6.45) is 1.53. The van der Waals surface area contributed by atoms with Crippen LogP contribution in [-0.2, 0) is 15.9 Å². The molecule has 3 aliphatic heterocycles. The lowest BCUT2D eigenvalue weighted by Gasteiger charge is -2.37. The maximum Gasteiger partial charge on any atom is 0.410 e. The molecule has 4 rings (SSSR count). The molecule has 3 heterocycles. The van der Waals surface area contributed by atoms with E-state index >= 15 is 0 Å². The van der Waals surface area contributed by atoms with Crippen LogP contribution in [0.4, 0.5) is 4.79 Å². The largest absolute Gasteiger partial charge is 0.459 e. The van der Waals surface area contributed by atoms with Gasteiger partial charge in [0.15, 0.2) is 0 Å². The predicted octanol–water partition coefficient (Wildman–Crippen LogP) is 3.20. The second kappa shape index (κ2) is 7.07. The number of ether oxygens (including phenoxy) is 2. The maximum absolute atomic E-state index is 12.4. The molecule has 0 N–H and O–H groups in total. The molecule has 6 heteroatoms. The van der Waals surface area contributed by atoms with Gasteiger partial charge >= 0.3 is 12.1 Å². The summed E-state index contributed by atoms with van der Waals surface area (Å²) in [7, 11) is 0. The van der Waals surface area contributed by atoms with Crippen LogP contribution >= 0.6 is 0 Å². The summed E-state index contributed by atoms with van der Waals surface area (Å²) in [6, 6.07) is 6.56. The normalized spacial score (nSPS) is 27.8. The van der Waals surface area contributed by atoms with Crippen LogP contribution in [0.2, 0.25) is 0 Å². The van der Waals surface area contributed by atoms with Crippen molar-refractivity contribution in [3.8, 4) is 0 Å². The van der Waals surface area contributed by atoms with Gasteiger partial charge in [-0.25, -0.2) is 9.59 Å². The molecule has 6 nitrogen and oxygen atoms in total. The lowest BCUT2D eigenvalue weighted by atomic mass is 9.90. The Morgan fingerprint density at radius 1 is 1.21 bits per heavy atom. The second-order valence-electron chi connectivity index (χ2n) is 9.34. The first-order chi connectivity index (χ1) is 13.2. The Balaban J connectivity index is 1.44. The monoisotopic (exact) mass is 386 g/mol. The highest BCUT2D eigenvalue weighted by atomic mass is 16.6. The van der Waals surface area contributed by atoms with Gasteiger partial charge in [0.2, 0.25) is 0 Å². The lowest BCUT2D eigenvalue weighted by Crippen LogP contribution is -2.53. The third-order valence-electron chi connectivity index (χ3n) is 5.90. The number of benzene rings is 1. The van der Waals surface area contributed by atoms with Crippen molar-refractivity contribution in [2.45, 2.75) is 64.2 Å². The van der Waals surface area contributed by atoms with Crippen LogP contribution in [0.3, 0.4) is 0 Å². The number of esters is 1. The van der Waals surface area contributed by atoms with Gasteiger partial charge in [0.05, 0.1) is 5.56 Å². The number of hydrogen-bond donors (Lipinski definition) is 0. The molecule has 0 bridgehead atoms. The van der Waals surface area contributed by atoms with Gasteiger partial charge in [-0.05, 0) is 57.2 Å². The fraction of sp³-hybridized carbons (Fsp3) is 0.636. The van der Waals surface area contributed by atoms with Crippen LogP contribution in [0.1, 0.15) is 61.5 Å². The second-order valence-corrected chi connectivity index (χ2v) is 9.34. The van der Waals surface area contributed by atoms with Crippen molar-refractivity contribution in [1.29, 1.82) is 0 Å². The zero-order valence-electron chi connectivity index (χ0n) is 17.2. The molecular formula is C22H30N2O4. The van der Waals surface area contributed by atoms with Gasteiger partial charge in [0.25, 0.3) is 0 Å². The highest BCUT2D eigenvalue weighted by Gasteiger charge is 2.39. The first-order valence-corrected chi connectivity index (χ1v) is 10.3. The predicted molar refractivity (Wildman–Crippen MR) is 106 cm³/mol. The topological polar surface area (TPSA) is 59.1 Å². The van der Waals surface area contributed by atoms with E-state index < -0.39 is 5.60 Å². The number of hydrogen-bond acceptors (Lipinski definition) is 5. The quantitative estimate of drug-likeness (QED) is 0.694. The lowest BCUT2D eigenvalue weighted by molar-refractivity contribution is 0.00920. The maximum atomic E-state index is 12.4. The van der Waals surface area contributed by atoms with E-state index in [9.17, 15) is 9.59 Å². The van der Waals surface area contributed by atoms with E-state index in [4.69, 9.17) is 9.47 Å². The number of carbonyl (C=O) groups is 2. The Morgan fingerprint density at radius 2 is 2.00 bits per heavy atom. The molecule has 152 valence electrons. The summed E-state index contributed by atoms with van der Waals surface area (Å²) in [5.41, 5.74) is 2.63. The molecular weight excluding hydrogens is 356 g/mol. The molecule has 2 unspecified atom stereocenters. The fourth-order valence-electron chi connectivity index (χ4n) is 4.61. The third-order valence-corrected chi connectivity index (χ3v) is 5.90. The van der Waals surface area contributed by atoms with Crippen molar-refractivity contribution in [2.75, 3.05) is 26.2 Å². The zero-order valence-corrected chi connectivity index (χ0v) is 17.2. The fourth-order valence-corrected chi connectivity index (χ4v) is 4.61. The minimum absolute atomic E-state index is 0.0625. The summed E-state index contributed by atoms with van der Waals surface area (Å²) in [6.45, 7) is 11.0. The zero-order chi connectivity index (χ0) is 20.1. The van der Waals surface area contributed by atoms with Crippen LogP contribution in [0.25, 0.3) is 0 Å². The summed E-state index contributed by atoms with van der Waals surface area (Å²) in [5, 5.41) is 0. The smallest absolute Gasteiger partial charge is 0.410 e. The van der Waals surface area contributed by atoms with Gasteiger partial charge in [-0.15, -0.1) is 0 Å². The number of nitrogens with zero attached hydrogens (tertiary/aromatic N) is 2. The minimum atomic E-state index is -0.464. The summed E-state index contributed by atoms with van der Waals surface area (Å²) in [4.78, 5) is 28.8. The van der Waals surface area contributed by atoms with Crippen LogP contribution in [0.15, 0.2) is 18.2 Å². The van der Waals surface area contributed by atoms with Gasteiger partial charge in [-0.2, -0.15) is 0 Å². The van der Waals surface area contributed by atoms with Crippen LogP contribution in [0, 0.1) is 0 Å². The minimum Gasteiger partial charge on any atom is -0.459 e. The Bertz CT molecular complexity index is 785. The number of amides is 1. The Labute approximate surface area is 166 Å². The molecule has 28 heavy (non-hydrogen) atoms. The van der Waals surface area contributed by atoms with Gasteiger partial charge in [-0.3, -0.25) is 4.90 Å². The van der Waals surface area contributed by atoms with E-state index in [1.54, 1.807) is 0 Å². The number of cyclic esters (lactones) is 1. The molecule has 1 amide bonds. The van der Waals surface area contributed by atoms with Gasteiger partial charge in [0, 0.05) is 38.6 Å². The van der Waals surface area contributed by atoms with Gasteiger partial charge in [-0.1, -0.05) is 12.1 Å². The molecule has 0 aliphatic carbocycles. The Kier molecular flexibility index (Phi) is 4.86. The molecule has 3 aliphatic rings.